The van der Waals surface area contributed by atoms with E-state index < -0.39 is 0 Å². The summed E-state index contributed by atoms with van der Waals surface area (Å²) in [5, 5.41) is 7.46. The van der Waals surface area contributed by atoms with Crippen LogP contribution >= 0.6 is 11.8 Å². The molecule has 0 aliphatic heterocycles. The van der Waals surface area contributed by atoms with E-state index in [1.54, 1.807) is 6.07 Å². The summed E-state index contributed by atoms with van der Waals surface area (Å²) in [6.45, 7) is 8.00. The lowest BCUT2D eigenvalue weighted by atomic mass is 9.92. The van der Waals surface area contributed by atoms with Gasteiger partial charge in [-0.25, -0.2) is 9.97 Å². The van der Waals surface area contributed by atoms with Crippen LogP contribution in [0.15, 0.2) is 39.9 Å². The molecule has 1 aromatic carbocycles. The van der Waals surface area contributed by atoms with Crippen LogP contribution in [0.25, 0.3) is 11.0 Å². The molecule has 0 saturated carbocycles. The molecule has 0 aliphatic carbocycles. The molecule has 1 N–H and O–H groups in total. The molecule has 25 heavy (non-hydrogen) atoms. The first-order valence-electron chi connectivity index (χ1n) is 7.96. The Balaban J connectivity index is 1.64. The first-order valence-corrected chi connectivity index (χ1v) is 8.95. The standard InChI is InChI=1S/C18H20N4O2S/c1-11-17(20-13-8-6-5-7-12(13)19-11)25-10-15(23)21-16-9-14(22-24-16)18(2,3)4/h5-9H,10H2,1-4H3,(H,21,23). The van der Waals surface area contributed by atoms with Crippen LogP contribution in [0.1, 0.15) is 32.2 Å². The summed E-state index contributed by atoms with van der Waals surface area (Å²) in [4.78, 5) is 21.3. The molecular formula is C18H20N4O2S. The van der Waals surface area contributed by atoms with Gasteiger partial charge in [0.15, 0.2) is 0 Å². The molecule has 2 heterocycles. The second-order valence-corrected chi connectivity index (χ2v) is 7.73. The smallest absolute Gasteiger partial charge is 0.237 e. The summed E-state index contributed by atoms with van der Waals surface area (Å²) in [5.41, 5.74) is 3.16. The maximum Gasteiger partial charge on any atom is 0.237 e. The van der Waals surface area contributed by atoms with Crippen LogP contribution in [-0.2, 0) is 10.2 Å². The van der Waals surface area contributed by atoms with Crippen molar-refractivity contribution in [3.05, 3.63) is 41.7 Å². The topological polar surface area (TPSA) is 80.9 Å². The van der Waals surface area contributed by atoms with E-state index in [2.05, 4.69) is 20.4 Å². The van der Waals surface area contributed by atoms with E-state index in [-0.39, 0.29) is 17.1 Å². The number of thioether (sulfide) groups is 1. The van der Waals surface area contributed by atoms with Crippen molar-refractivity contribution in [2.45, 2.75) is 38.1 Å². The number of para-hydroxylation sites is 2. The zero-order valence-corrected chi connectivity index (χ0v) is 15.5. The number of aryl methyl sites for hydroxylation is 1. The van der Waals surface area contributed by atoms with Crippen LogP contribution in [0.3, 0.4) is 0 Å². The summed E-state index contributed by atoms with van der Waals surface area (Å²) in [6.07, 6.45) is 0. The number of hydrogen-bond acceptors (Lipinski definition) is 6. The average molecular weight is 356 g/mol. The number of nitrogens with one attached hydrogen (secondary N) is 1. The van der Waals surface area contributed by atoms with Gasteiger partial charge < -0.3 is 4.52 Å². The van der Waals surface area contributed by atoms with E-state index in [4.69, 9.17) is 4.52 Å². The molecule has 0 fully saturated rings. The van der Waals surface area contributed by atoms with Gasteiger partial charge in [-0.15, -0.1) is 0 Å². The largest absolute Gasteiger partial charge is 0.338 e. The summed E-state index contributed by atoms with van der Waals surface area (Å²) in [7, 11) is 0. The van der Waals surface area contributed by atoms with Gasteiger partial charge in [0.05, 0.1) is 28.2 Å². The van der Waals surface area contributed by atoms with E-state index in [1.165, 1.54) is 11.8 Å². The highest BCUT2D eigenvalue weighted by molar-refractivity contribution is 8.00. The molecule has 130 valence electrons. The highest BCUT2D eigenvalue weighted by Crippen LogP contribution is 2.25. The van der Waals surface area contributed by atoms with Gasteiger partial charge in [-0.3, -0.25) is 10.1 Å². The third-order valence-corrected chi connectivity index (χ3v) is 4.65. The minimum absolute atomic E-state index is 0.126. The Labute approximate surface area is 150 Å². The Bertz CT molecular complexity index is 915. The number of benzene rings is 1. The van der Waals surface area contributed by atoms with Crippen LogP contribution < -0.4 is 5.32 Å². The van der Waals surface area contributed by atoms with Crippen molar-refractivity contribution in [2.75, 3.05) is 11.1 Å². The third kappa shape index (κ3) is 4.17. The van der Waals surface area contributed by atoms with E-state index in [1.807, 2.05) is 52.0 Å². The van der Waals surface area contributed by atoms with Gasteiger partial charge in [-0.2, -0.15) is 0 Å². The Morgan fingerprint density at radius 1 is 1.20 bits per heavy atom. The number of carbonyl (C=O) groups is 1. The zero-order chi connectivity index (χ0) is 18.0. The fraction of sp³-hybridized carbons (Fsp3) is 0.333. The number of aromatic nitrogens is 3. The van der Waals surface area contributed by atoms with Crippen molar-refractivity contribution >= 4 is 34.6 Å². The molecule has 0 unspecified atom stereocenters. The van der Waals surface area contributed by atoms with Gasteiger partial charge in [-0.05, 0) is 19.1 Å². The Kier molecular flexibility index (Phi) is 4.76. The van der Waals surface area contributed by atoms with Crippen LogP contribution in [0.4, 0.5) is 5.88 Å². The molecule has 7 heteroatoms. The van der Waals surface area contributed by atoms with Gasteiger partial charge in [0.25, 0.3) is 0 Å². The molecule has 6 nitrogen and oxygen atoms in total. The van der Waals surface area contributed by atoms with E-state index in [9.17, 15) is 4.79 Å². The lowest BCUT2D eigenvalue weighted by molar-refractivity contribution is -0.113. The number of anilines is 1. The van der Waals surface area contributed by atoms with E-state index in [0.717, 1.165) is 27.4 Å². The fourth-order valence-corrected chi connectivity index (χ4v) is 2.96. The molecule has 3 aromatic rings. The maximum atomic E-state index is 12.2. The SMILES string of the molecule is Cc1nc2ccccc2nc1SCC(=O)Nc1cc(C(C)(C)C)no1. The van der Waals surface area contributed by atoms with Gasteiger partial charge in [-0.1, -0.05) is 49.8 Å². The van der Waals surface area contributed by atoms with Crippen molar-refractivity contribution in [1.29, 1.82) is 0 Å². The number of fused-ring (bicyclic) bond motifs is 1. The van der Waals surface area contributed by atoms with Crippen molar-refractivity contribution in [2.24, 2.45) is 0 Å². The molecule has 0 spiro atoms. The highest BCUT2D eigenvalue weighted by Gasteiger charge is 2.19. The van der Waals surface area contributed by atoms with Crippen LogP contribution in [0.2, 0.25) is 0 Å². The molecule has 0 bridgehead atoms. The van der Waals surface area contributed by atoms with Crippen LogP contribution in [0, 0.1) is 6.92 Å². The predicted octanol–water partition coefficient (Wildman–Crippen LogP) is 3.95. The molecule has 0 saturated heterocycles. The highest BCUT2D eigenvalue weighted by atomic mass is 32.2. The number of nitrogens with zero attached hydrogens (tertiary/aromatic N) is 3. The first kappa shape index (κ1) is 17.4. The summed E-state index contributed by atoms with van der Waals surface area (Å²) >= 11 is 1.35. The van der Waals surface area contributed by atoms with E-state index >= 15 is 0 Å². The molecule has 2 aromatic heterocycles. The van der Waals surface area contributed by atoms with Gasteiger partial charge in [0.1, 0.15) is 5.03 Å². The van der Waals surface area contributed by atoms with E-state index in [0.29, 0.717) is 5.88 Å². The van der Waals surface area contributed by atoms with Gasteiger partial charge in [0, 0.05) is 11.5 Å². The van der Waals surface area contributed by atoms with Crippen molar-refractivity contribution in [3.8, 4) is 0 Å². The lowest BCUT2D eigenvalue weighted by Crippen LogP contribution is -2.14. The van der Waals surface area contributed by atoms with Crippen molar-refractivity contribution in [1.82, 2.24) is 15.1 Å². The normalized spacial score (nSPS) is 11.7. The molecular weight excluding hydrogens is 336 g/mol. The second kappa shape index (κ2) is 6.84. The molecule has 0 radical (unpaired) electrons. The molecule has 0 aliphatic rings. The number of rotatable bonds is 4. The quantitative estimate of drug-likeness (QED) is 0.713. The molecule has 3 rings (SSSR count). The zero-order valence-electron chi connectivity index (χ0n) is 14.7. The molecule has 0 atom stereocenters. The monoisotopic (exact) mass is 356 g/mol. The summed E-state index contributed by atoms with van der Waals surface area (Å²) in [5.74, 6) is 0.409. The maximum absolute atomic E-state index is 12.2. The third-order valence-electron chi connectivity index (χ3n) is 3.58. The molecule has 1 amide bonds. The average Bonchev–Trinajstić information content (AvgIpc) is 3.01. The van der Waals surface area contributed by atoms with Gasteiger partial charge >= 0.3 is 0 Å². The Morgan fingerprint density at radius 3 is 2.52 bits per heavy atom. The Hall–Kier alpha value is -2.41. The van der Waals surface area contributed by atoms with Crippen molar-refractivity contribution < 1.29 is 9.32 Å². The number of amides is 1. The van der Waals surface area contributed by atoms with Crippen molar-refractivity contribution in [3.63, 3.8) is 0 Å². The summed E-state index contributed by atoms with van der Waals surface area (Å²) in [6, 6.07) is 9.44. The fourth-order valence-electron chi connectivity index (χ4n) is 2.20. The number of carbonyl (C=O) groups excluding carboxylic acids is 1. The van der Waals surface area contributed by atoms with Gasteiger partial charge in [0.2, 0.25) is 11.8 Å². The van der Waals surface area contributed by atoms with Crippen LogP contribution in [-0.4, -0.2) is 26.8 Å². The summed E-state index contributed by atoms with van der Waals surface area (Å²) < 4.78 is 5.18. The van der Waals surface area contributed by atoms with Crippen LogP contribution in [0.5, 0.6) is 0 Å². The minimum atomic E-state index is -0.170. The first-order chi connectivity index (χ1) is 11.8. The number of hydrogen-bond donors (Lipinski definition) is 1. The Morgan fingerprint density at radius 2 is 1.88 bits per heavy atom. The second-order valence-electron chi connectivity index (χ2n) is 6.77. The lowest BCUT2D eigenvalue weighted by Gasteiger charge is -2.12. The minimum Gasteiger partial charge on any atom is -0.338 e. The predicted molar refractivity (Wildman–Crippen MR) is 98.8 cm³/mol.